The van der Waals surface area contributed by atoms with Crippen molar-refractivity contribution in [3.05, 3.63) is 41.4 Å². The number of amides is 1. The van der Waals surface area contributed by atoms with E-state index in [1.54, 1.807) is 19.2 Å². The van der Waals surface area contributed by atoms with Crippen LogP contribution in [0.25, 0.3) is 10.2 Å². The largest absolute Gasteiger partial charge is 0.495 e. The van der Waals surface area contributed by atoms with Gasteiger partial charge in [0.2, 0.25) is 11.0 Å². The van der Waals surface area contributed by atoms with Crippen molar-refractivity contribution in [2.45, 2.75) is 11.3 Å². The molecule has 154 valence electrons. The minimum Gasteiger partial charge on any atom is -0.495 e. The number of hydrazine groups is 1. The molecular weight excluding hydrogens is 438 g/mol. The number of aromatic nitrogens is 1. The number of rotatable bonds is 8. The van der Waals surface area contributed by atoms with Crippen LogP contribution >= 0.6 is 22.9 Å². The predicted molar refractivity (Wildman–Crippen MR) is 113 cm³/mol. The zero-order valence-corrected chi connectivity index (χ0v) is 18.0. The molecule has 1 amide bonds. The van der Waals surface area contributed by atoms with Crippen LogP contribution in [0.5, 0.6) is 11.5 Å². The first-order chi connectivity index (χ1) is 13.8. The Balaban J connectivity index is 1.63. The van der Waals surface area contributed by atoms with Crippen molar-refractivity contribution in [1.82, 2.24) is 10.4 Å². The molecule has 0 aliphatic carbocycles. The third-order valence-corrected chi connectivity index (χ3v) is 6.96. The van der Waals surface area contributed by atoms with Gasteiger partial charge in [0.05, 0.1) is 24.9 Å². The molecule has 3 rings (SSSR count). The number of carbonyl (C=O) groups excluding carboxylic acids is 1. The Bertz CT molecular complexity index is 1090. The molecular formula is C18H18ClN3O5S2. The molecule has 0 radical (unpaired) electrons. The predicted octanol–water partition coefficient (Wildman–Crippen LogP) is 3.27. The first kappa shape index (κ1) is 21.2. The van der Waals surface area contributed by atoms with E-state index in [4.69, 9.17) is 21.1 Å². The molecule has 1 aromatic heterocycles. The van der Waals surface area contributed by atoms with E-state index in [-0.39, 0.29) is 17.1 Å². The first-order valence-electron chi connectivity index (χ1n) is 8.39. The van der Waals surface area contributed by atoms with Gasteiger partial charge >= 0.3 is 0 Å². The van der Waals surface area contributed by atoms with Gasteiger partial charge in [0.15, 0.2) is 9.84 Å². The fourth-order valence-electron chi connectivity index (χ4n) is 2.51. The normalized spacial score (nSPS) is 11.3. The number of benzene rings is 2. The molecule has 2 aromatic carbocycles. The maximum Gasteiger partial charge on any atom is 0.239 e. The Hall–Kier alpha value is -2.56. The number of thiazole rings is 1. The molecule has 0 fully saturated rings. The van der Waals surface area contributed by atoms with Crippen molar-refractivity contribution in [2.75, 3.05) is 25.4 Å². The van der Waals surface area contributed by atoms with Gasteiger partial charge in [-0.25, -0.2) is 13.4 Å². The summed E-state index contributed by atoms with van der Waals surface area (Å²) in [7, 11) is -0.496. The van der Waals surface area contributed by atoms with E-state index in [1.165, 1.54) is 42.7 Å². The fourth-order valence-corrected chi connectivity index (χ4v) is 4.81. The highest BCUT2D eigenvalue weighted by atomic mass is 35.5. The monoisotopic (exact) mass is 455 g/mol. The number of sulfone groups is 1. The average Bonchev–Trinajstić information content (AvgIpc) is 3.14. The second kappa shape index (κ2) is 8.85. The van der Waals surface area contributed by atoms with Crippen molar-refractivity contribution >= 4 is 54.0 Å². The lowest BCUT2D eigenvalue weighted by atomic mass is 10.3. The summed E-state index contributed by atoms with van der Waals surface area (Å²) in [5.41, 5.74) is 5.76. The molecule has 0 saturated heterocycles. The molecule has 0 aliphatic rings. The van der Waals surface area contributed by atoms with Gasteiger partial charge in [0.1, 0.15) is 21.7 Å². The third-order valence-electron chi connectivity index (χ3n) is 3.99. The van der Waals surface area contributed by atoms with Crippen LogP contribution in [0.15, 0.2) is 41.3 Å². The molecule has 11 heteroatoms. The zero-order valence-electron chi connectivity index (χ0n) is 15.6. The van der Waals surface area contributed by atoms with Crippen LogP contribution in [-0.2, 0) is 14.6 Å². The minimum atomic E-state index is -3.59. The number of nitrogens with zero attached hydrogens (tertiary/aromatic N) is 1. The van der Waals surface area contributed by atoms with E-state index in [9.17, 15) is 13.2 Å². The molecule has 0 unspecified atom stereocenters. The number of anilines is 1. The quantitative estimate of drug-likeness (QED) is 0.502. The van der Waals surface area contributed by atoms with Crippen LogP contribution in [0.1, 0.15) is 6.42 Å². The van der Waals surface area contributed by atoms with E-state index in [1.807, 2.05) is 0 Å². The number of halogens is 1. The summed E-state index contributed by atoms with van der Waals surface area (Å²) in [4.78, 5) is 16.6. The molecule has 0 aliphatic heterocycles. The highest BCUT2D eigenvalue weighted by molar-refractivity contribution is 7.91. The van der Waals surface area contributed by atoms with E-state index in [0.717, 1.165) is 4.70 Å². The lowest BCUT2D eigenvalue weighted by Gasteiger charge is -2.06. The molecule has 3 aromatic rings. The number of ether oxygens (including phenoxy) is 2. The van der Waals surface area contributed by atoms with Gasteiger partial charge in [-0.3, -0.25) is 15.6 Å². The van der Waals surface area contributed by atoms with Crippen LogP contribution in [0.2, 0.25) is 5.02 Å². The van der Waals surface area contributed by atoms with E-state index < -0.39 is 15.7 Å². The van der Waals surface area contributed by atoms with Crippen LogP contribution in [0.3, 0.4) is 0 Å². The third kappa shape index (κ3) is 4.89. The Kier molecular flexibility index (Phi) is 6.46. The van der Waals surface area contributed by atoms with E-state index in [0.29, 0.717) is 27.2 Å². The van der Waals surface area contributed by atoms with Gasteiger partial charge in [-0.15, -0.1) is 0 Å². The van der Waals surface area contributed by atoms with Gasteiger partial charge in [-0.05, 0) is 36.4 Å². The van der Waals surface area contributed by atoms with Gasteiger partial charge in [0, 0.05) is 11.4 Å². The highest BCUT2D eigenvalue weighted by Crippen LogP contribution is 2.38. The maximum atomic E-state index is 12.3. The average molecular weight is 456 g/mol. The summed E-state index contributed by atoms with van der Waals surface area (Å²) >= 11 is 7.04. The number of hydrogen-bond donors (Lipinski definition) is 2. The van der Waals surface area contributed by atoms with Crippen molar-refractivity contribution in [2.24, 2.45) is 0 Å². The summed E-state index contributed by atoms with van der Waals surface area (Å²) < 4.78 is 36.0. The second-order valence-corrected chi connectivity index (χ2v) is 9.41. The number of hydrogen-bond acceptors (Lipinski definition) is 8. The Morgan fingerprint density at radius 2 is 1.76 bits per heavy atom. The SMILES string of the molecule is COc1ccc(OC)c2sc(NNC(=O)CCS(=O)(=O)c3ccc(Cl)cc3)nc12. The second-order valence-electron chi connectivity index (χ2n) is 5.86. The molecule has 0 bridgehead atoms. The Labute approximate surface area is 176 Å². The van der Waals surface area contributed by atoms with E-state index in [2.05, 4.69) is 15.8 Å². The summed E-state index contributed by atoms with van der Waals surface area (Å²) in [5, 5.41) is 0.853. The van der Waals surface area contributed by atoms with Crippen molar-refractivity contribution in [3.63, 3.8) is 0 Å². The van der Waals surface area contributed by atoms with Crippen LogP contribution in [0, 0.1) is 0 Å². The molecule has 1 heterocycles. The highest BCUT2D eigenvalue weighted by Gasteiger charge is 2.17. The van der Waals surface area contributed by atoms with E-state index >= 15 is 0 Å². The van der Waals surface area contributed by atoms with Crippen molar-refractivity contribution in [1.29, 1.82) is 0 Å². The smallest absolute Gasteiger partial charge is 0.239 e. The number of methoxy groups -OCH3 is 2. The number of nitrogens with one attached hydrogen (secondary N) is 2. The first-order valence-corrected chi connectivity index (χ1v) is 11.2. The number of fused-ring (bicyclic) bond motifs is 1. The summed E-state index contributed by atoms with van der Waals surface area (Å²) in [6.45, 7) is 0. The van der Waals surface area contributed by atoms with Crippen LogP contribution in [-0.4, -0.2) is 39.3 Å². The maximum absolute atomic E-state index is 12.3. The van der Waals surface area contributed by atoms with Crippen LogP contribution in [0.4, 0.5) is 5.13 Å². The molecule has 8 nitrogen and oxygen atoms in total. The Morgan fingerprint density at radius 3 is 2.41 bits per heavy atom. The number of carbonyl (C=O) groups is 1. The van der Waals surface area contributed by atoms with Gasteiger partial charge in [-0.2, -0.15) is 0 Å². The van der Waals surface area contributed by atoms with Crippen LogP contribution < -0.4 is 20.3 Å². The standard InChI is InChI=1S/C18H18ClN3O5S2/c1-26-13-7-8-14(27-2)17-16(13)20-18(28-17)22-21-15(23)9-10-29(24,25)12-5-3-11(19)4-6-12/h3-8H,9-10H2,1-2H3,(H,20,22)(H,21,23). The summed E-state index contributed by atoms with van der Waals surface area (Å²) in [5.74, 6) is 0.391. The molecule has 0 atom stereocenters. The molecule has 29 heavy (non-hydrogen) atoms. The summed E-state index contributed by atoms with van der Waals surface area (Å²) in [6, 6.07) is 9.32. The topological polar surface area (TPSA) is 107 Å². The summed E-state index contributed by atoms with van der Waals surface area (Å²) in [6.07, 6.45) is -0.213. The minimum absolute atomic E-state index is 0.119. The van der Waals surface area contributed by atoms with Crippen molar-refractivity contribution < 1.29 is 22.7 Å². The van der Waals surface area contributed by atoms with Gasteiger partial charge < -0.3 is 9.47 Å². The lowest BCUT2D eigenvalue weighted by molar-refractivity contribution is -0.120. The zero-order chi connectivity index (χ0) is 21.0. The van der Waals surface area contributed by atoms with Gasteiger partial charge in [0.25, 0.3) is 0 Å². The fraction of sp³-hybridized carbons (Fsp3) is 0.222. The van der Waals surface area contributed by atoms with Crippen molar-refractivity contribution in [3.8, 4) is 11.5 Å². The molecule has 0 saturated carbocycles. The molecule has 0 spiro atoms. The van der Waals surface area contributed by atoms with Gasteiger partial charge in [-0.1, -0.05) is 22.9 Å². The lowest BCUT2D eigenvalue weighted by Crippen LogP contribution is -2.30. The molecule has 2 N–H and O–H groups in total. The Morgan fingerprint density at radius 1 is 1.10 bits per heavy atom.